The van der Waals surface area contributed by atoms with Crippen molar-refractivity contribution in [1.82, 2.24) is 0 Å². The number of hydrogen-bond donors (Lipinski definition) is 0. The highest BCUT2D eigenvalue weighted by atomic mass is 79.9. The molecule has 0 saturated carbocycles. The van der Waals surface area contributed by atoms with Crippen LogP contribution in [0.1, 0.15) is 11.1 Å². The molecule has 0 aliphatic rings. The molecular weight excluding hydrogens is 297 g/mol. The summed E-state index contributed by atoms with van der Waals surface area (Å²) in [7, 11) is 0. The lowest BCUT2D eigenvalue weighted by Gasteiger charge is -2.08. The second kappa shape index (κ2) is 5.65. The first-order valence-corrected chi connectivity index (χ1v) is 6.05. The molecule has 0 radical (unpaired) electrons. The Morgan fingerprint density at radius 3 is 2.78 bits per heavy atom. The van der Waals surface area contributed by atoms with Crippen LogP contribution in [0.4, 0.5) is 4.39 Å². The van der Waals surface area contributed by atoms with Crippen LogP contribution in [0.2, 0.25) is 0 Å². The van der Waals surface area contributed by atoms with Crippen molar-refractivity contribution in [3.63, 3.8) is 0 Å². The zero-order valence-electron chi connectivity index (χ0n) is 9.36. The summed E-state index contributed by atoms with van der Waals surface area (Å²) >= 11 is 3.29. The fourth-order valence-electron chi connectivity index (χ4n) is 1.50. The van der Waals surface area contributed by atoms with Crippen LogP contribution < -0.4 is 4.74 Å². The number of nitriles is 1. The second-order valence-corrected chi connectivity index (χ2v) is 4.59. The highest BCUT2D eigenvalue weighted by Crippen LogP contribution is 2.23. The first kappa shape index (κ1) is 12.6. The number of ether oxygens (including phenoxy) is 1. The van der Waals surface area contributed by atoms with Gasteiger partial charge in [0.25, 0.3) is 0 Å². The molecule has 0 aromatic heterocycles. The maximum absolute atomic E-state index is 13.0. The van der Waals surface area contributed by atoms with E-state index in [9.17, 15) is 4.39 Å². The molecule has 0 unspecified atom stereocenters. The van der Waals surface area contributed by atoms with E-state index in [1.165, 1.54) is 12.1 Å². The van der Waals surface area contributed by atoms with E-state index < -0.39 is 0 Å². The average molecular weight is 306 g/mol. The van der Waals surface area contributed by atoms with Gasteiger partial charge in [0.05, 0.1) is 5.56 Å². The smallest absolute Gasteiger partial charge is 0.137 e. The van der Waals surface area contributed by atoms with E-state index in [0.717, 1.165) is 10.0 Å². The SMILES string of the molecule is N#Cc1cc(Br)ccc1OCc1cccc(F)c1. The van der Waals surface area contributed by atoms with Crippen molar-refractivity contribution in [2.75, 3.05) is 0 Å². The lowest BCUT2D eigenvalue weighted by atomic mass is 10.2. The lowest BCUT2D eigenvalue weighted by Crippen LogP contribution is -1.97. The predicted octanol–water partition coefficient (Wildman–Crippen LogP) is 4.04. The molecule has 0 heterocycles. The van der Waals surface area contributed by atoms with Gasteiger partial charge in [-0.3, -0.25) is 0 Å². The standard InChI is InChI=1S/C14H9BrFNO/c15-12-4-5-14(11(7-12)8-17)18-9-10-2-1-3-13(16)6-10/h1-7H,9H2. The summed E-state index contributed by atoms with van der Waals surface area (Å²) in [5.74, 6) is 0.192. The van der Waals surface area contributed by atoms with Gasteiger partial charge in [-0.1, -0.05) is 28.1 Å². The molecular formula is C14H9BrFNO. The zero-order chi connectivity index (χ0) is 13.0. The van der Waals surface area contributed by atoms with Crippen LogP contribution in [-0.4, -0.2) is 0 Å². The highest BCUT2D eigenvalue weighted by Gasteiger charge is 2.04. The van der Waals surface area contributed by atoms with Crippen molar-refractivity contribution in [3.05, 3.63) is 63.9 Å². The third kappa shape index (κ3) is 3.08. The lowest BCUT2D eigenvalue weighted by molar-refractivity contribution is 0.304. The number of halogens is 2. The van der Waals surface area contributed by atoms with Crippen molar-refractivity contribution < 1.29 is 9.13 Å². The van der Waals surface area contributed by atoms with Gasteiger partial charge in [0.2, 0.25) is 0 Å². The molecule has 0 spiro atoms. The molecule has 90 valence electrons. The minimum Gasteiger partial charge on any atom is -0.488 e. The van der Waals surface area contributed by atoms with Gasteiger partial charge in [0.1, 0.15) is 24.2 Å². The van der Waals surface area contributed by atoms with Crippen molar-refractivity contribution in [3.8, 4) is 11.8 Å². The third-order valence-corrected chi connectivity index (χ3v) is 2.84. The summed E-state index contributed by atoms with van der Waals surface area (Å²) in [4.78, 5) is 0. The quantitative estimate of drug-likeness (QED) is 0.857. The van der Waals surface area contributed by atoms with Crippen LogP contribution in [0.3, 0.4) is 0 Å². The fraction of sp³-hybridized carbons (Fsp3) is 0.0714. The van der Waals surface area contributed by atoms with Crippen LogP contribution in [0, 0.1) is 17.1 Å². The van der Waals surface area contributed by atoms with Gasteiger partial charge in [0.15, 0.2) is 0 Å². The van der Waals surface area contributed by atoms with Crippen LogP contribution in [0.15, 0.2) is 46.9 Å². The average Bonchev–Trinajstić information content (AvgIpc) is 2.37. The zero-order valence-corrected chi connectivity index (χ0v) is 10.9. The number of benzene rings is 2. The van der Waals surface area contributed by atoms with Crippen molar-refractivity contribution >= 4 is 15.9 Å². The maximum atomic E-state index is 13.0. The minimum atomic E-state index is -0.299. The van der Waals surface area contributed by atoms with Crippen molar-refractivity contribution in [1.29, 1.82) is 5.26 Å². The largest absolute Gasteiger partial charge is 0.488 e. The number of hydrogen-bond acceptors (Lipinski definition) is 2. The van der Waals surface area contributed by atoms with E-state index in [1.54, 1.807) is 30.3 Å². The molecule has 2 aromatic carbocycles. The van der Waals surface area contributed by atoms with E-state index >= 15 is 0 Å². The van der Waals surface area contributed by atoms with Crippen LogP contribution in [0.5, 0.6) is 5.75 Å². The van der Waals surface area contributed by atoms with Gasteiger partial charge in [-0.05, 0) is 35.9 Å². The van der Waals surface area contributed by atoms with Gasteiger partial charge in [-0.2, -0.15) is 5.26 Å². The molecule has 0 N–H and O–H groups in total. The first-order chi connectivity index (χ1) is 8.69. The minimum absolute atomic E-state index is 0.230. The van der Waals surface area contributed by atoms with E-state index in [2.05, 4.69) is 22.0 Å². The molecule has 0 saturated heterocycles. The Bertz CT molecular complexity index is 607. The molecule has 0 atom stereocenters. The second-order valence-electron chi connectivity index (χ2n) is 3.67. The molecule has 0 aliphatic heterocycles. The van der Waals surface area contributed by atoms with Crippen molar-refractivity contribution in [2.24, 2.45) is 0 Å². The summed E-state index contributed by atoms with van der Waals surface area (Å²) in [6.45, 7) is 0.230. The topological polar surface area (TPSA) is 33.0 Å². The van der Waals surface area contributed by atoms with E-state index in [1.807, 2.05) is 0 Å². The number of nitrogens with zero attached hydrogens (tertiary/aromatic N) is 1. The Morgan fingerprint density at radius 2 is 2.06 bits per heavy atom. The van der Waals surface area contributed by atoms with Gasteiger partial charge in [-0.15, -0.1) is 0 Å². The summed E-state index contributed by atoms with van der Waals surface area (Å²) < 4.78 is 19.3. The van der Waals surface area contributed by atoms with Crippen molar-refractivity contribution in [2.45, 2.75) is 6.61 Å². The molecule has 0 aliphatic carbocycles. The molecule has 18 heavy (non-hydrogen) atoms. The molecule has 2 rings (SSSR count). The number of rotatable bonds is 3. The molecule has 4 heteroatoms. The normalized spacial score (nSPS) is 9.83. The van der Waals surface area contributed by atoms with Gasteiger partial charge < -0.3 is 4.74 Å². The molecule has 0 fully saturated rings. The van der Waals surface area contributed by atoms with Crippen LogP contribution in [-0.2, 0) is 6.61 Å². The molecule has 2 nitrogen and oxygen atoms in total. The molecule has 0 amide bonds. The Morgan fingerprint density at radius 1 is 1.22 bits per heavy atom. The summed E-state index contributed by atoms with van der Waals surface area (Å²) in [6.07, 6.45) is 0. The van der Waals surface area contributed by atoms with E-state index in [4.69, 9.17) is 10.00 Å². The predicted molar refractivity (Wildman–Crippen MR) is 69.6 cm³/mol. The molecule has 2 aromatic rings. The van der Waals surface area contributed by atoms with E-state index in [-0.39, 0.29) is 12.4 Å². The van der Waals surface area contributed by atoms with Gasteiger partial charge in [0, 0.05) is 4.47 Å². The van der Waals surface area contributed by atoms with E-state index in [0.29, 0.717) is 11.3 Å². The van der Waals surface area contributed by atoms with Crippen LogP contribution in [0.25, 0.3) is 0 Å². The van der Waals surface area contributed by atoms with Gasteiger partial charge in [-0.25, -0.2) is 4.39 Å². The third-order valence-electron chi connectivity index (χ3n) is 2.35. The first-order valence-electron chi connectivity index (χ1n) is 5.26. The highest BCUT2D eigenvalue weighted by molar-refractivity contribution is 9.10. The Hall–Kier alpha value is -1.86. The summed E-state index contributed by atoms with van der Waals surface area (Å²) in [5.41, 5.74) is 1.17. The Balaban J connectivity index is 2.14. The molecule has 0 bridgehead atoms. The Kier molecular flexibility index (Phi) is 3.96. The maximum Gasteiger partial charge on any atom is 0.137 e. The van der Waals surface area contributed by atoms with Crippen LogP contribution >= 0.6 is 15.9 Å². The fourth-order valence-corrected chi connectivity index (χ4v) is 1.86. The summed E-state index contributed by atoms with van der Waals surface area (Å²) in [5, 5.41) is 8.97. The monoisotopic (exact) mass is 305 g/mol. The van der Waals surface area contributed by atoms with Gasteiger partial charge >= 0.3 is 0 Å². The Labute approximate surface area is 113 Å². The summed E-state index contributed by atoms with van der Waals surface area (Å²) in [6, 6.07) is 13.4.